The largest absolute Gasteiger partial charge is 0.314 e. The van der Waals surface area contributed by atoms with Crippen molar-refractivity contribution in [2.45, 2.75) is 46.1 Å². The maximum atomic E-state index is 3.35. The van der Waals surface area contributed by atoms with Gasteiger partial charge in [-0.3, -0.25) is 0 Å². The number of nitrogens with one attached hydrogen (secondary N) is 1. The average Bonchev–Trinajstić information content (AvgIpc) is 2.31. The molecule has 1 N–H and O–H groups in total. The summed E-state index contributed by atoms with van der Waals surface area (Å²) in [6, 6.07) is 6.82. The second-order valence-electron chi connectivity index (χ2n) is 5.20. The summed E-state index contributed by atoms with van der Waals surface area (Å²) < 4.78 is 0. The van der Waals surface area contributed by atoms with Crippen LogP contribution in [0.25, 0.3) is 6.08 Å². The molecule has 0 unspecified atom stereocenters. The van der Waals surface area contributed by atoms with E-state index in [0.717, 1.165) is 12.8 Å². The molecule has 1 rings (SSSR count). The lowest BCUT2D eigenvalue weighted by Crippen LogP contribution is -2.38. The Morgan fingerprint density at radius 2 is 2.00 bits per heavy atom. The lowest BCUT2D eigenvalue weighted by Gasteiger charge is -2.24. The van der Waals surface area contributed by atoms with E-state index in [4.69, 9.17) is 0 Å². The van der Waals surface area contributed by atoms with Crippen LogP contribution in [0.4, 0.5) is 0 Å². The normalized spacial score (nSPS) is 12.3. The zero-order chi connectivity index (χ0) is 12.9. The van der Waals surface area contributed by atoms with Gasteiger partial charge in [-0.15, -0.1) is 0 Å². The molecular weight excluding hydrogens is 206 g/mol. The van der Waals surface area contributed by atoms with Gasteiger partial charge in [0.2, 0.25) is 0 Å². The topological polar surface area (TPSA) is 12.0 Å². The summed E-state index contributed by atoms with van der Waals surface area (Å²) in [4.78, 5) is 0. The molecule has 0 saturated heterocycles. The zero-order valence-electron chi connectivity index (χ0n) is 11.8. The molecule has 0 radical (unpaired) electrons. The summed E-state index contributed by atoms with van der Waals surface area (Å²) in [6.45, 7) is 8.75. The Kier molecular flexibility index (Phi) is 4.95. The first kappa shape index (κ1) is 14.0. The van der Waals surface area contributed by atoms with Gasteiger partial charge in [-0.05, 0) is 57.4 Å². The molecule has 0 heterocycles. The van der Waals surface area contributed by atoms with Gasteiger partial charge in [-0.1, -0.05) is 37.3 Å². The van der Waals surface area contributed by atoms with E-state index in [1.807, 2.05) is 7.05 Å². The highest BCUT2D eigenvalue weighted by molar-refractivity contribution is 5.54. The highest BCUT2D eigenvalue weighted by Gasteiger charge is 2.15. The van der Waals surface area contributed by atoms with E-state index in [1.54, 1.807) is 0 Å². The first-order valence-electron chi connectivity index (χ1n) is 6.46. The minimum Gasteiger partial charge on any atom is -0.314 e. The minimum absolute atomic E-state index is 0.160. The van der Waals surface area contributed by atoms with Gasteiger partial charge < -0.3 is 5.32 Å². The fourth-order valence-corrected chi connectivity index (χ4v) is 2.02. The summed E-state index contributed by atoms with van der Waals surface area (Å²) in [6.07, 6.45) is 6.44. The van der Waals surface area contributed by atoms with E-state index in [0.29, 0.717) is 0 Å². The van der Waals surface area contributed by atoms with Crippen molar-refractivity contribution in [3.8, 4) is 0 Å². The van der Waals surface area contributed by atoms with Crippen molar-refractivity contribution in [3.05, 3.63) is 41.0 Å². The Bertz CT molecular complexity index is 389. The van der Waals surface area contributed by atoms with Crippen LogP contribution < -0.4 is 5.32 Å². The van der Waals surface area contributed by atoms with E-state index in [1.165, 1.54) is 16.7 Å². The minimum atomic E-state index is 0.160. The van der Waals surface area contributed by atoms with Crippen LogP contribution in [0.5, 0.6) is 0 Å². The highest BCUT2D eigenvalue weighted by Crippen LogP contribution is 2.18. The third-order valence-electron chi connectivity index (χ3n) is 3.26. The summed E-state index contributed by atoms with van der Waals surface area (Å²) in [5.74, 6) is 0. The zero-order valence-corrected chi connectivity index (χ0v) is 11.8. The van der Waals surface area contributed by atoms with Gasteiger partial charge in [0, 0.05) is 5.54 Å². The average molecular weight is 231 g/mol. The van der Waals surface area contributed by atoms with Crippen molar-refractivity contribution >= 4 is 6.08 Å². The van der Waals surface area contributed by atoms with Gasteiger partial charge in [-0.25, -0.2) is 0 Å². The van der Waals surface area contributed by atoms with Crippen LogP contribution in [0, 0.1) is 0 Å². The summed E-state index contributed by atoms with van der Waals surface area (Å²) in [5.41, 5.74) is 4.36. The van der Waals surface area contributed by atoms with E-state index in [9.17, 15) is 0 Å². The second kappa shape index (κ2) is 6.02. The van der Waals surface area contributed by atoms with Gasteiger partial charge in [0.25, 0.3) is 0 Å². The van der Waals surface area contributed by atoms with Crippen LogP contribution in [0.15, 0.2) is 24.3 Å². The Balaban J connectivity index is 2.97. The van der Waals surface area contributed by atoms with Gasteiger partial charge >= 0.3 is 0 Å². The van der Waals surface area contributed by atoms with E-state index >= 15 is 0 Å². The van der Waals surface area contributed by atoms with Crippen molar-refractivity contribution in [3.63, 3.8) is 0 Å². The molecule has 17 heavy (non-hydrogen) atoms. The lowest BCUT2D eigenvalue weighted by atomic mass is 9.92. The first-order valence-corrected chi connectivity index (χ1v) is 6.46. The van der Waals surface area contributed by atoms with Crippen LogP contribution in [0.3, 0.4) is 0 Å². The number of hydrogen-bond acceptors (Lipinski definition) is 1. The quantitative estimate of drug-likeness (QED) is 0.812. The smallest absolute Gasteiger partial charge is 0.0162 e. The third-order valence-corrected chi connectivity index (χ3v) is 3.26. The molecular formula is C16H25N. The van der Waals surface area contributed by atoms with Crippen molar-refractivity contribution in [2.24, 2.45) is 0 Å². The molecule has 1 aromatic carbocycles. The van der Waals surface area contributed by atoms with Crippen molar-refractivity contribution < 1.29 is 0 Å². The molecule has 1 aromatic rings. The van der Waals surface area contributed by atoms with Crippen LogP contribution in [0.2, 0.25) is 0 Å². The van der Waals surface area contributed by atoms with E-state index in [-0.39, 0.29) is 5.54 Å². The monoisotopic (exact) mass is 231 g/mol. The molecule has 0 spiro atoms. The molecule has 0 fully saturated rings. The van der Waals surface area contributed by atoms with Crippen molar-refractivity contribution in [2.75, 3.05) is 7.05 Å². The molecule has 0 aliphatic carbocycles. The van der Waals surface area contributed by atoms with Crippen LogP contribution in [-0.2, 0) is 12.8 Å². The lowest BCUT2D eigenvalue weighted by molar-refractivity contribution is 0.422. The predicted octanol–water partition coefficient (Wildman–Crippen LogP) is 3.82. The van der Waals surface area contributed by atoms with Gasteiger partial charge in [0.15, 0.2) is 0 Å². The van der Waals surface area contributed by atoms with Crippen LogP contribution >= 0.6 is 0 Å². The summed E-state index contributed by atoms with van der Waals surface area (Å²) in [7, 11) is 2.02. The molecule has 0 bridgehead atoms. The van der Waals surface area contributed by atoms with E-state index in [2.05, 4.69) is 63.4 Å². The molecule has 94 valence electrons. The number of likely N-dealkylation sites (N-methyl/N-ethyl adjacent to an activating group) is 1. The Hall–Kier alpha value is -1.08. The fourth-order valence-electron chi connectivity index (χ4n) is 2.02. The molecule has 1 heteroatoms. The third kappa shape index (κ3) is 4.01. The highest BCUT2D eigenvalue weighted by atomic mass is 14.9. The number of benzene rings is 1. The van der Waals surface area contributed by atoms with Crippen LogP contribution in [0.1, 0.15) is 44.4 Å². The molecule has 0 aliphatic rings. The van der Waals surface area contributed by atoms with Crippen molar-refractivity contribution in [1.29, 1.82) is 0 Å². The maximum absolute atomic E-state index is 3.35. The molecule has 0 atom stereocenters. The number of rotatable bonds is 5. The first-order chi connectivity index (χ1) is 8.02. The Morgan fingerprint density at radius 1 is 1.29 bits per heavy atom. The van der Waals surface area contributed by atoms with Gasteiger partial charge in [0.1, 0.15) is 0 Å². The maximum Gasteiger partial charge on any atom is 0.0162 e. The van der Waals surface area contributed by atoms with E-state index < -0.39 is 0 Å². The number of allylic oxidation sites excluding steroid dienone is 1. The Morgan fingerprint density at radius 3 is 2.53 bits per heavy atom. The Labute approximate surface area is 106 Å². The molecule has 0 aromatic heterocycles. The van der Waals surface area contributed by atoms with Crippen LogP contribution in [-0.4, -0.2) is 12.6 Å². The second-order valence-corrected chi connectivity index (χ2v) is 5.20. The summed E-state index contributed by atoms with van der Waals surface area (Å²) >= 11 is 0. The predicted molar refractivity (Wildman–Crippen MR) is 77.4 cm³/mol. The number of hydrogen-bond donors (Lipinski definition) is 1. The standard InChI is InChI=1S/C16H25N/c1-6-8-15-10-9-13(11-14(15)7-2)12-16(3,4)17-5/h6,8-11,17H,7,12H2,1-5H3/b8-6-. The SMILES string of the molecule is C/C=C\c1ccc(CC(C)(C)NC)cc1CC. The molecule has 0 aliphatic heterocycles. The summed E-state index contributed by atoms with van der Waals surface area (Å²) in [5, 5.41) is 3.35. The molecule has 1 nitrogen and oxygen atoms in total. The molecule has 0 saturated carbocycles. The fraction of sp³-hybridized carbons (Fsp3) is 0.500. The molecule has 0 amide bonds. The van der Waals surface area contributed by atoms with Gasteiger partial charge in [0.05, 0.1) is 0 Å². The number of aryl methyl sites for hydroxylation is 1. The van der Waals surface area contributed by atoms with Gasteiger partial charge in [-0.2, -0.15) is 0 Å². The van der Waals surface area contributed by atoms with Crippen molar-refractivity contribution in [1.82, 2.24) is 5.32 Å².